The van der Waals surface area contributed by atoms with E-state index in [1.165, 1.54) is 11.1 Å². The lowest BCUT2D eigenvalue weighted by Crippen LogP contribution is -2.24. The summed E-state index contributed by atoms with van der Waals surface area (Å²) >= 11 is 0. The van der Waals surface area contributed by atoms with Crippen LogP contribution in [-0.4, -0.2) is 0 Å². The molecule has 0 aliphatic heterocycles. The van der Waals surface area contributed by atoms with E-state index in [0.717, 1.165) is 0 Å². The number of hydrogen-bond acceptors (Lipinski definition) is 0. The Bertz CT molecular complexity index is 346. The Morgan fingerprint density at radius 2 is 1.47 bits per heavy atom. The van der Waals surface area contributed by atoms with Crippen LogP contribution in [0.25, 0.3) is 0 Å². The molecule has 0 N–H and O–H groups in total. The lowest BCUT2D eigenvalue weighted by atomic mass is 9.68. The van der Waals surface area contributed by atoms with Crippen molar-refractivity contribution in [3.63, 3.8) is 0 Å². The molecule has 0 aromatic rings. The van der Waals surface area contributed by atoms with Gasteiger partial charge in [0.25, 0.3) is 0 Å². The molecule has 0 aromatic carbocycles. The van der Waals surface area contributed by atoms with Crippen LogP contribution in [0.4, 0.5) is 0 Å². The molecular formula is C17H28. The van der Waals surface area contributed by atoms with E-state index in [1.807, 2.05) is 26.0 Å². The minimum absolute atomic E-state index is 0.138. The average Bonchev–Trinajstić information content (AvgIpc) is 2.28. The molecule has 1 aliphatic carbocycles. The normalized spacial score (nSPS) is 21.1. The third kappa shape index (κ3) is 3.73. The van der Waals surface area contributed by atoms with Crippen LogP contribution in [0.3, 0.4) is 0 Å². The van der Waals surface area contributed by atoms with Crippen LogP contribution in [0.15, 0.2) is 48.1 Å². The van der Waals surface area contributed by atoms with Crippen molar-refractivity contribution < 1.29 is 0 Å². The zero-order chi connectivity index (χ0) is 13.7. The molecule has 0 heterocycles. The highest BCUT2D eigenvalue weighted by Gasteiger charge is 2.31. The molecule has 17 heavy (non-hydrogen) atoms. The van der Waals surface area contributed by atoms with Crippen molar-refractivity contribution in [2.45, 2.75) is 48.5 Å². The first kappa shape index (κ1) is 16.0. The van der Waals surface area contributed by atoms with Gasteiger partial charge in [-0.05, 0) is 12.5 Å². The first-order chi connectivity index (χ1) is 7.81. The Hall–Kier alpha value is -1.04. The number of hydrogen-bond donors (Lipinski definition) is 0. The minimum atomic E-state index is 0.138. The Kier molecular flexibility index (Phi) is 5.68. The SMILES string of the molecule is C=C/C=C\C1=C(C)C(C)(C)C=CC1(C)C.CC. The van der Waals surface area contributed by atoms with Crippen molar-refractivity contribution in [2.75, 3.05) is 0 Å². The molecule has 0 radical (unpaired) electrons. The molecule has 96 valence electrons. The van der Waals surface area contributed by atoms with E-state index in [0.29, 0.717) is 0 Å². The maximum absolute atomic E-state index is 3.73. The van der Waals surface area contributed by atoms with Crippen molar-refractivity contribution in [3.05, 3.63) is 48.1 Å². The molecule has 0 fully saturated rings. The van der Waals surface area contributed by atoms with E-state index in [1.54, 1.807) is 0 Å². The summed E-state index contributed by atoms with van der Waals surface area (Å²) < 4.78 is 0. The Labute approximate surface area is 108 Å². The lowest BCUT2D eigenvalue weighted by Gasteiger charge is -2.36. The molecule has 0 aromatic heterocycles. The molecule has 0 heteroatoms. The molecule has 0 bridgehead atoms. The zero-order valence-corrected chi connectivity index (χ0v) is 12.6. The number of rotatable bonds is 2. The highest BCUT2D eigenvalue weighted by atomic mass is 14.3. The predicted molar refractivity (Wildman–Crippen MR) is 80.1 cm³/mol. The van der Waals surface area contributed by atoms with Gasteiger partial charge in [0.05, 0.1) is 0 Å². The summed E-state index contributed by atoms with van der Waals surface area (Å²) in [6.45, 7) is 19.0. The molecule has 0 nitrogen and oxygen atoms in total. The van der Waals surface area contributed by atoms with Crippen molar-refractivity contribution in [2.24, 2.45) is 10.8 Å². The average molecular weight is 232 g/mol. The standard InChI is InChI=1S/C15H22.C2H6/c1-7-8-9-13-12(2)14(3,4)10-11-15(13,5)6;1-2/h7-11H,1H2,2-6H3;1-2H3/b9-8-;. The second kappa shape index (κ2) is 6.05. The quantitative estimate of drug-likeness (QED) is 0.423. The van der Waals surface area contributed by atoms with Crippen LogP contribution in [0, 0.1) is 10.8 Å². The summed E-state index contributed by atoms with van der Waals surface area (Å²) in [7, 11) is 0. The van der Waals surface area contributed by atoms with Gasteiger partial charge in [-0.1, -0.05) is 84.1 Å². The van der Waals surface area contributed by atoms with Crippen LogP contribution >= 0.6 is 0 Å². The summed E-state index contributed by atoms with van der Waals surface area (Å²) in [5.41, 5.74) is 3.18. The van der Waals surface area contributed by atoms with Crippen molar-refractivity contribution in [1.29, 1.82) is 0 Å². The molecule has 0 atom stereocenters. The molecule has 0 amide bonds. The fourth-order valence-electron chi connectivity index (χ4n) is 1.97. The van der Waals surface area contributed by atoms with Gasteiger partial charge in [0, 0.05) is 10.8 Å². The molecule has 0 spiro atoms. The molecule has 0 unspecified atom stereocenters. The lowest BCUT2D eigenvalue weighted by molar-refractivity contribution is 0.485. The van der Waals surface area contributed by atoms with Gasteiger partial charge in [0.1, 0.15) is 0 Å². The molecule has 0 saturated heterocycles. The third-order valence-corrected chi connectivity index (χ3v) is 3.38. The fourth-order valence-corrected chi connectivity index (χ4v) is 1.97. The Morgan fingerprint density at radius 3 is 1.94 bits per heavy atom. The van der Waals surface area contributed by atoms with Crippen molar-refractivity contribution in [1.82, 2.24) is 0 Å². The van der Waals surface area contributed by atoms with Crippen LogP contribution < -0.4 is 0 Å². The minimum Gasteiger partial charge on any atom is -0.0991 e. The van der Waals surface area contributed by atoms with Crippen LogP contribution in [-0.2, 0) is 0 Å². The van der Waals surface area contributed by atoms with Gasteiger partial charge in [-0.2, -0.15) is 0 Å². The summed E-state index contributed by atoms with van der Waals surface area (Å²) in [4.78, 5) is 0. The summed E-state index contributed by atoms with van der Waals surface area (Å²) in [5, 5.41) is 0. The van der Waals surface area contributed by atoms with E-state index in [9.17, 15) is 0 Å². The number of allylic oxidation sites excluding steroid dienone is 7. The van der Waals surface area contributed by atoms with Crippen LogP contribution in [0.5, 0.6) is 0 Å². The summed E-state index contributed by atoms with van der Waals surface area (Å²) in [5.74, 6) is 0. The van der Waals surface area contributed by atoms with Gasteiger partial charge in [-0.25, -0.2) is 0 Å². The van der Waals surface area contributed by atoms with E-state index in [-0.39, 0.29) is 10.8 Å². The Balaban J connectivity index is 0.00000121. The zero-order valence-electron chi connectivity index (χ0n) is 12.6. The van der Waals surface area contributed by atoms with Crippen LogP contribution in [0.2, 0.25) is 0 Å². The predicted octanol–water partition coefficient (Wildman–Crippen LogP) is 5.69. The molecule has 1 rings (SSSR count). The second-order valence-electron chi connectivity index (χ2n) is 5.41. The first-order valence-corrected chi connectivity index (χ1v) is 6.52. The maximum atomic E-state index is 3.73. The van der Waals surface area contributed by atoms with E-state index < -0.39 is 0 Å². The van der Waals surface area contributed by atoms with Gasteiger partial charge >= 0.3 is 0 Å². The van der Waals surface area contributed by atoms with Gasteiger partial charge < -0.3 is 0 Å². The van der Waals surface area contributed by atoms with Gasteiger partial charge in [0.15, 0.2) is 0 Å². The van der Waals surface area contributed by atoms with E-state index in [2.05, 4.69) is 59.4 Å². The molecule has 1 aliphatic rings. The second-order valence-corrected chi connectivity index (χ2v) is 5.41. The van der Waals surface area contributed by atoms with Crippen LogP contribution in [0.1, 0.15) is 48.5 Å². The van der Waals surface area contributed by atoms with E-state index in [4.69, 9.17) is 0 Å². The highest BCUT2D eigenvalue weighted by molar-refractivity contribution is 5.43. The monoisotopic (exact) mass is 232 g/mol. The molecule has 0 saturated carbocycles. The first-order valence-electron chi connectivity index (χ1n) is 6.52. The summed E-state index contributed by atoms with van der Waals surface area (Å²) in [6, 6.07) is 0. The topological polar surface area (TPSA) is 0 Å². The van der Waals surface area contributed by atoms with Crippen molar-refractivity contribution in [3.8, 4) is 0 Å². The van der Waals surface area contributed by atoms with E-state index >= 15 is 0 Å². The maximum Gasteiger partial charge on any atom is 0.00754 e. The van der Waals surface area contributed by atoms with Crippen molar-refractivity contribution >= 4 is 0 Å². The smallest absolute Gasteiger partial charge is 0.00754 e. The van der Waals surface area contributed by atoms with Gasteiger partial charge in [0.2, 0.25) is 0 Å². The largest absolute Gasteiger partial charge is 0.0991 e. The summed E-state index contributed by atoms with van der Waals surface area (Å²) in [6.07, 6.45) is 10.7. The third-order valence-electron chi connectivity index (χ3n) is 3.38. The fraction of sp³-hybridized carbons (Fsp3) is 0.529. The molecular weight excluding hydrogens is 204 g/mol. The Morgan fingerprint density at radius 1 is 1.00 bits per heavy atom. The van der Waals surface area contributed by atoms with Gasteiger partial charge in [-0.15, -0.1) is 0 Å². The highest BCUT2D eigenvalue weighted by Crippen LogP contribution is 2.44. The van der Waals surface area contributed by atoms with Gasteiger partial charge in [-0.3, -0.25) is 0 Å².